The third-order valence-electron chi connectivity index (χ3n) is 4.00. The van der Waals surface area contributed by atoms with Gasteiger partial charge < -0.3 is 15.4 Å². The zero-order valence-corrected chi connectivity index (χ0v) is 16.8. The lowest BCUT2D eigenvalue weighted by atomic mass is 10.2. The number of amides is 2. The van der Waals surface area contributed by atoms with Crippen molar-refractivity contribution in [1.82, 2.24) is 4.90 Å². The topological polar surface area (TPSA) is 70.7 Å². The fourth-order valence-corrected chi connectivity index (χ4v) is 2.62. The number of rotatable bonds is 7. The fourth-order valence-electron chi connectivity index (χ4n) is 2.32. The Kier molecular flexibility index (Phi) is 7.47. The smallest absolute Gasteiger partial charge is 0.241 e. The molecule has 0 saturated heterocycles. The molecule has 0 fully saturated rings. The summed E-state index contributed by atoms with van der Waals surface area (Å²) in [7, 11) is 3.23. The minimum atomic E-state index is -0.533. The first kappa shape index (κ1) is 21.0. The number of hydrogen-bond donors (Lipinski definition) is 2. The van der Waals surface area contributed by atoms with E-state index in [1.54, 1.807) is 55.3 Å². The Morgan fingerprint density at radius 1 is 1.11 bits per heavy atom. The number of carbonyl (C=O) groups is 2. The highest BCUT2D eigenvalue weighted by Crippen LogP contribution is 2.25. The van der Waals surface area contributed by atoms with Crippen molar-refractivity contribution in [3.8, 4) is 5.75 Å². The highest BCUT2D eigenvalue weighted by Gasteiger charge is 2.21. The van der Waals surface area contributed by atoms with Crippen LogP contribution in [0.2, 0.25) is 10.0 Å². The highest BCUT2D eigenvalue weighted by molar-refractivity contribution is 6.42. The van der Waals surface area contributed by atoms with Gasteiger partial charge >= 0.3 is 0 Å². The van der Waals surface area contributed by atoms with E-state index >= 15 is 0 Å². The van der Waals surface area contributed by atoms with Gasteiger partial charge in [0.1, 0.15) is 5.75 Å². The molecule has 0 saturated carbocycles. The monoisotopic (exact) mass is 409 g/mol. The number of carbonyl (C=O) groups excluding carboxylic acids is 2. The van der Waals surface area contributed by atoms with Crippen LogP contribution in [-0.4, -0.2) is 43.5 Å². The molecule has 0 aliphatic heterocycles. The van der Waals surface area contributed by atoms with Crippen LogP contribution in [0.5, 0.6) is 5.75 Å². The molecule has 6 nitrogen and oxygen atoms in total. The van der Waals surface area contributed by atoms with E-state index in [1.165, 1.54) is 7.11 Å². The lowest BCUT2D eigenvalue weighted by molar-refractivity contribution is -0.122. The molecule has 0 bridgehead atoms. The summed E-state index contributed by atoms with van der Waals surface area (Å²) in [5.74, 6) is 0.0511. The lowest BCUT2D eigenvalue weighted by Crippen LogP contribution is -2.43. The Balaban J connectivity index is 1.93. The van der Waals surface area contributed by atoms with Gasteiger partial charge in [-0.05, 0) is 44.3 Å². The zero-order chi connectivity index (χ0) is 20.0. The second-order valence-electron chi connectivity index (χ2n) is 5.96. The first-order valence-corrected chi connectivity index (χ1v) is 8.96. The maximum Gasteiger partial charge on any atom is 0.241 e. The minimum absolute atomic E-state index is 0.0285. The number of halogens is 2. The average molecular weight is 410 g/mol. The molecular formula is C19H21Cl2N3O3. The van der Waals surface area contributed by atoms with Gasteiger partial charge in [-0.25, -0.2) is 0 Å². The first-order valence-electron chi connectivity index (χ1n) is 8.21. The van der Waals surface area contributed by atoms with E-state index in [9.17, 15) is 9.59 Å². The van der Waals surface area contributed by atoms with Crippen molar-refractivity contribution in [3.05, 3.63) is 52.5 Å². The van der Waals surface area contributed by atoms with E-state index in [-0.39, 0.29) is 18.4 Å². The molecular weight excluding hydrogens is 389 g/mol. The molecule has 27 heavy (non-hydrogen) atoms. The van der Waals surface area contributed by atoms with E-state index < -0.39 is 6.04 Å². The summed E-state index contributed by atoms with van der Waals surface area (Å²) in [6.45, 7) is 1.75. The van der Waals surface area contributed by atoms with Gasteiger partial charge in [-0.15, -0.1) is 0 Å². The van der Waals surface area contributed by atoms with Crippen LogP contribution in [0.15, 0.2) is 42.5 Å². The van der Waals surface area contributed by atoms with Crippen LogP contribution in [0.1, 0.15) is 6.92 Å². The number of anilines is 2. The number of hydrogen-bond acceptors (Lipinski definition) is 4. The van der Waals surface area contributed by atoms with Gasteiger partial charge in [-0.3, -0.25) is 14.5 Å². The summed E-state index contributed by atoms with van der Waals surface area (Å²) >= 11 is 11.8. The number of likely N-dealkylation sites (N-methyl/N-ethyl adjacent to an activating group) is 1. The molecule has 1 unspecified atom stereocenters. The number of benzene rings is 2. The second-order valence-corrected chi connectivity index (χ2v) is 6.77. The lowest BCUT2D eigenvalue weighted by Gasteiger charge is -2.23. The van der Waals surface area contributed by atoms with Gasteiger partial charge in [0.05, 0.1) is 35.4 Å². The van der Waals surface area contributed by atoms with Crippen molar-refractivity contribution in [3.63, 3.8) is 0 Å². The average Bonchev–Trinajstić information content (AvgIpc) is 2.64. The molecule has 8 heteroatoms. The molecule has 144 valence electrons. The second kappa shape index (κ2) is 9.60. The molecule has 1 atom stereocenters. The van der Waals surface area contributed by atoms with Crippen LogP contribution in [0.4, 0.5) is 11.4 Å². The maximum absolute atomic E-state index is 12.5. The minimum Gasteiger partial charge on any atom is -0.495 e. The number of para-hydroxylation sites is 2. The molecule has 0 radical (unpaired) electrons. The normalized spacial score (nSPS) is 11.8. The summed E-state index contributed by atoms with van der Waals surface area (Å²) in [5.41, 5.74) is 1.11. The molecule has 2 aromatic carbocycles. The Labute approximate surface area is 168 Å². The molecule has 2 rings (SSSR count). The molecule has 2 aromatic rings. The van der Waals surface area contributed by atoms with Crippen LogP contribution in [0, 0.1) is 0 Å². The van der Waals surface area contributed by atoms with Crippen LogP contribution in [0.3, 0.4) is 0 Å². The maximum atomic E-state index is 12.5. The summed E-state index contributed by atoms with van der Waals surface area (Å²) < 4.78 is 5.22. The van der Waals surface area contributed by atoms with E-state index in [4.69, 9.17) is 27.9 Å². The van der Waals surface area contributed by atoms with Crippen molar-refractivity contribution in [2.45, 2.75) is 13.0 Å². The summed E-state index contributed by atoms with van der Waals surface area (Å²) in [4.78, 5) is 26.3. The van der Waals surface area contributed by atoms with Crippen LogP contribution < -0.4 is 15.4 Å². The molecule has 0 spiro atoms. The zero-order valence-electron chi connectivity index (χ0n) is 15.3. The quantitative estimate of drug-likeness (QED) is 0.727. The van der Waals surface area contributed by atoms with Gasteiger partial charge in [0, 0.05) is 5.69 Å². The number of methoxy groups -OCH3 is 1. The predicted molar refractivity (Wildman–Crippen MR) is 109 cm³/mol. The van der Waals surface area contributed by atoms with E-state index in [1.807, 2.05) is 6.07 Å². The number of ether oxygens (including phenoxy) is 1. The predicted octanol–water partition coefficient (Wildman–Crippen LogP) is 3.90. The Morgan fingerprint density at radius 2 is 1.81 bits per heavy atom. The molecule has 0 aliphatic rings. The van der Waals surface area contributed by atoms with Crippen molar-refractivity contribution in [2.75, 3.05) is 31.3 Å². The summed E-state index contributed by atoms with van der Waals surface area (Å²) in [6, 6.07) is 11.4. The SMILES string of the molecule is COc1ccccc1NC(=O)C(C)N(C)CC(=O)Nc1ccc(Cl)c(Cl)c1. The van der Waals surface area contributed by atoms with Gasteiger partial charge in [-0.2, -0.15) is 0 Å². The number of nitrogens with zero attached hydrogens (tertiary/aromatic N) is 1. The Morgan fingerprint density at radius 3 is 2.48 bits per heavy atom. The van der Waals surface area contributed by atoms with Crippen molar-refractivity contribution in [1.29, 1.82) is 0 Å². The third-order valence-corrected chi connectivity index (χ3v) is 4.74. The molecule has 2 N–H and O–H groups in total. The van der Waals surface area contributed by atoms with Gasteiger partial charge in [0.15, 0.2) is 0 Å². The summed E-state index contributed by atoms with van der Waals surface area (Å²) in [6.07, 6.45) is 0. The van der Waals surface area contributed by atoms with Crippen LogP contribution >= 0.6 is 23.2 Å². The van der Waals surface area contributed by atoms with E-state index in [0.717, 1.165) is 0 Å². The van der Waals surface area contributed by atoms with Crippen LogP contribution in [0.25, 0.3) is 0 Å². The van der Waals surface area contributed by atoms with Crippen molar-refractivity contribution in [2.24, 2.45) is 0 Å². The number of nitrogens with one attached hydrogen (secondary N) is 2. The standard InChI is InChI=1S/C19H21Cl2N3O3/c1-12(19(26)23-16-6-4-5-7-17(16)27-3)24(2)11-18(25)22-13-8-9-14(20)15(21)10-13/h4-10,12H,11H2,1-3H3,(H,22,25)(H,23,26). The Bertz CT molecular complexity index is 830. The summed E-state index contributed by atoms with van der Waals surface area (Å²) in [5, 5.41) is 6.30. The van der Waals surface area contributed by atoms with E-state index in [0.29, 0.717) is 27.2 Å². The molecule has 0 heterocycles. The van der Waals surface area contributed by atoms with Gasteiger partial charge in [0.2, 0.25) is 11.8 Å². The van der Waals surface area contributed by atoms with E-state index in [2.05, 4.69) is 10.6 Å². The molecule has 0 aromatic heterocycles. The van der Waals surface area contributed by atoms with Crippen LogP contribution in [-0.2, 0) is 9.59 Å². The van der Waals surface area contributed by atoms with Crippen molar-refractivity contribution >= 4 is 46.4 Å². The fraction of sp³-hybridized carbons (Fsp3) is 0.263. The highest BCUT2D eigenvalue weighted by atomic mass is 35.5. The Hall–Kier alpha value is -2.28. The van der Waals surface area contributed by atoms with Crippen molar-refractivity contribution < 1.29 is 14.3 Å². The first-order chi connectivity index (χ1) is 12.8. The van der Waals surface area contributed by atoms with Gasteiger partial charge in [0.25, 0.3) is 0 Å². The van der Waals surface area contributed by atoms with Gasteiger partial charge in [-0.1, -0.05) is 35.3 Å². The third kappa shape index (κ3) is 5.85. The molecule has 0 aliphatic carbocycles. The largest absolute Gasteiger partial charge is 0.495 e. The molecule has 2 amide bonds.